The van der Waals surface area contributed by atoms with E-state index in [2.05, 4.69) is 0 Å². The second kappa shape index (κ2) is 9.32. The number of benzene rings is 3. The third kappa shape index (κ3) is 4.43. The van der Waals surface area contributed by atoms with Crippen LogP contribution in [0.4, 0.5) is 5.69 Å². The van der Waals surface area contributed by atoms with Crippen LogP contribution in [-0.4, -0.2) is 26.6 Å². The summed E-state index contributed by atoms with van der Waals surface area (Å²) in [5, 5.41) is 22.4. The lowest BCUT2D eigenvalue weighted by Gasteiger charge is -2.26. The SMILES string of the molecule is O=C(C=Cc1ccccc1)C1=C(O)C(=O)N(Cc2ccccc2)C1c1ccccc1[N+](=O)[O-]. The fourth-order valence-corrected chi connectivity index (χ4v) is 3.88. The number of hydrogen-bond donors (Lipinski definition) is 1. The van der Waals surface area contributed by atoms with E-state index in [9.17, 15) is 24.8 Å². The smallest absolute Gasteiger partial charge is 0.290 e. The summed E-state index contributed by atoms with van der Waals surface area (Å²) < 4.78 is 0. The maximum atomic E-state index is 13.2. The Morgan fingerprint density at radius 1 is 0.970 bits per heavy atom. The summed E-state index contributed by atoms with van der Waals surface area (Å²) in [7, 11) is 0. The van der Waals surface area contributed by atoms with Crippen molar-refractivity contribution in [3.63, 3.8) is 0 Å². The number of nitro groups is 1. The van der Waals surface area contributed by atoms with Gasteiger partial charge in [0.2, 0.25) is 0 Å². The molecule has 1 N–H and O–H groups in total. The molecule has 4 rings (SSSR count). The van der Waals surface area contributed by atoms with Gasteiger partial charge in [0, 0.05) is 12.6 Å². The van der Waals surface area contributed by atoms with E-state index in [0.29, 0.717) is 0 Å². The van der Waals surface area contributed by atoms with E-state index in [-0.39, 0.29) is 23.4 Å². The molecule has 1 aliphatic rings. The van der Waals surface area contributed by atoms with Crippen molar-refractivity contribution in [2.75, 3.05) is 0 Å². The maximum absolute atomic E-state index is 13.2. The molecule has 1 amide bonds. The van der Waals surface area contributed by atoms with Gasteiger partial charge in [-0.1, -0.05) is 78.9 Å². The number of ketones is 1. The number of hydrogen-bond acceptors (Lipinski definition) is 5. The zero-order valence-corrected chi connectivity index (χ0v) is 17.5. The van der Waals surface area contributed by atoms with Gasteiger partial charge in [0.25, 0.3) is 11.6 Å². The van der Waals surface area contributed by atoms with Crippen molar-refractivity contribution in [2.45, 2.75) is 12.6 Å². The normalized spacial score (nSPS) is 15.9. The second-order valence-electron chi connectivity index (χ2n) is 7.51. The third-order valence-electron chi connectivity index (χ3n) is 5.42. The van der Waals surface area contributed by atoms with E-state index < -0.39 is 28.4 Å². The first-order chi connectivity index (χ1) is 16.0. The highest BCUT2D eigenvalue weighted by Crippen LogP contribution is 2.42. The first-order valence-corrected chi connectivity index (χ1v) is 10.3. The molecule has 0 saturated carbocycles. The van der Waals surface area contributed by atoms with Crippen LogP contribution in [0.25, 0.3) is 6.08 Å². The van der Waals surface area contributed by atoms with Crippen molar-refractivity contribution in [3.8, 4) is 0 Å². The van der Waals surface area contributed by atoms with Crippen LogP contribution in [0, 0.1) is 10.1 Å². The third-order valence-corrected chi connectivity index (χ3v) is 5.42. The molecule has 1 heterocycles. The molecule has 0 radical (unpaired) electrons. The van der Waals surface area contributed by atoms with Crippen LogP contribution in [0.5, 0.6) is 0 Å². The molecule has 0 aromatic heterocycles. The van der Waals surface area contributed by atoms with Crippen molar-refractivity contribution in [2.24, 2.45) is 0 Å². The van der Waals surface area contributed by atoms with E-state index >= 15 is 0 Å². The van der Waals surface area contributed by atoms with Gasteiger partial charge in [0.1, 0.15) is 0 Å². The van der Waals surface area contributed by atoms with Crippen LogP contribution >= 0.6 is 0 Å². The zero-order chi connectivity index (χ0) is 23.4. The largest absolute Gasteiger partial charge is 0.503 e. The Morgan fingerprint density at radius 2 is 1.58 bits per heavy atom. The van der Waals surface area contributed by atoms with Crippen molar-refractivity contribution in [3.05, 3.63) is 129 Å². The number of nitro benzene ring substituents is 1. The molecule has 3 aromatic carbocycles. The molecule has 1 atom stereocenters. The molecule has 1 unspecified atom stereocenters. The van der Waals surface area contributed by atoms with Gasteiger partial charge in [-0.15, -0.1) is 0 Å². The van der Waals surface area contributed by atoms with Crippen molar-refractivity contribution in [1.29, 1.82) is 0 Å². The molecule has 0 spiro atoms. The van der Waals surface area contributed by atoms with Gasteiger partial charge in [0.05, 0.1) is 22.1 Å². The molecular weight excluding hydrogens is 420 g/mol. The lowest BCUT2D eigenvalue weighted by molar-refractivity contribution is -0.385. The Kier molecular flexibility index (Phi) is 6.13. The van der Waals surface area contributed by atoms with Gasteiger partial charge in [-0.25, -0.2) is 0 Å². The van der Waals surface area contributed by atoms with Crippen LogP contribution in [0.3, 0.4) is 0 Å². The fraction of sp³-hybridized carbons (Fsp3) is 0.0769. The van der Waals surface area contributed by atoms with E-state index in [1.807, 2.05) is 24.3 Å². The molecule has 7 heteroatoms. The minimum atomic E-state index is -1.10. The van der Waals surface area contributed by atoms with E-state index in [4.69, 9.17) is 0 Å². The van der Waals surface area contributed by atoms with Gasteiger partial charge in [0.15, 0.2) is 11.5 Å². The lowest BCUT2D eigenvalue weighted by atomic mass is 9.94. The number of carbonyl (C=O) groups excluding carboxylic acids is 2. The van der Waals surface area contributed by atoms with Gasteiger partial charge in [-0.05, 0) is 23.3 Å². The number of aliphatic hydroxyl groups is 1. The highest BCUT2D eigenvalue weighted by Gasteiger charge is 2.45. The molecule has 3 aromatic rings. The molecule has 0 bridgehead atoms. The number of allylic oxidation sites excluding steroid dienone is 1. The zero-order valence-electron chi connectivity index (χ0n) is 17.5. The average Bonchev–Trinajstić information content (AvgIpc) is 3.08. The Bertz CT molecular complexity index is 1270. The number of carbonyl (C=O) groups is 2. The van der Waals surface area contributed by atoms with Crippen LogP contribution in [0.2, 0.25) is 0 Å². The van der Waals surface area contributed by atoms with Gasteiger partial charge in [-0.3, -0.25) is 19.7 Å². The minimum Gasteiger partial charge on any atom is -0.503 e. The van der Waals surface area contributed by atoms with Crippen LogP contribution < -0.4 is 0 Å². The standard InChI is InChI=1S/C26H20N2O5/c29-22(16-15-18-9-3-1-4-10-18)23-24(20-13-7-8-14-21(20)28(32)33)27(26(31)25(23)30)17-19-11-5-2-6-12-19/h1-16,24,30H,17H2. The second-order valence-corrected chi connectivity index (χ2v) is 7.51. The maximum Gasteiger partial charge on any atom is 0.290 e. The Hall–Kier alpha value is -4.52. The Labute approximate surface area is 190 Å². The van der Waals surface area contributed by atoms with E-state index in [1.54, 1.807) is 48.5 Å². The average molecular weight is 440 g/mol. The monoisotopic (exact) mass is 440 g/mol. The Morgan fingerprint density at radius 3 is 2.24 bits per heavy atom. The van der Waals surface area contributed by atoms with Gasteiger partial charge >= 0.3 is 0 Å². The molecule has 164 valence electrons. The number of rotatable bonds is 7. The summed E-state index contributed by atoms with van der Waals surface area (Å²) in [6.45, 7) is 0.0691. The summed E-state index contributed by atoms with van der Waals surface area (Å²) in [5.74, 6) is -2.04. The van der Waals surface area contributed by atoms with Gasteiger partial charge < -0.3 is 10.0 Å². The fourth-order valence-electron chi connectivity index (χ4n) is 3.88. The predicted molar refractivity (Wildman–Crippen MR) is 123 cm³/mol. The molecule has 0 aliphatic carbocycles. The highest BCUT2D eigenvalue weighted by molar-refractivity contribution is 6.14. The summed E-state index contributed by atoms with van der Waals surface area (Å²) >= 11 is 0. The minimum absolute atomic E-state index is 0.0691. The summed E-state index contributed by atoms with van der Waals surface area (Å²) in [4.78, 5) is 38.7. The number of nitrogens with zero attached hydrogens (tertiary/aromatic N) is 2. The number of amides is 1. The number of para-hydroxylation sites is 1. The van der Waals surface area contributed by atoms with Crippen molar-refractivity contribution in [1.82, 2.24) is 4.90 Å². The van der Waals surface area contributed by atoms with Crippen LogP contribution in [0.1, 0.15) is 22.7 Å². The topological polar surface area (TPSA) is 101 Å². The summed E-state index contributed by atoms with van der Waals surface area (Å²) in [6, 6.07) is 23.0. The van der Waals surface area contributed by atoms with E-state index in [1.165, 1.54) is 29.2 Å². The van der Waals surface area contributed by atoms with Crippen molar-refractivity contribution < 1.29 is 19.6 Å². The van der Waals surface area contributed by atoms with Gasteiger partial charge in [-0.2, -0.15) is 0 Å². The summed E-state index contributed by atoms with van der Waals surface area (Å²) in [6.07, 6.45) is 2.84. The molecule has 7 nitrogen and oxygen atoms in total. The molecule has 33 heavy (non-hydrogen) atoms. The molecule has 1 aliphatic heterocycles. The molecule has 0 saturated heterocycles. The highest BCUT2D eigenvalue weighted by atomic mass is 16.6. The van der Waals surface area contributed by atoms with Crippen molar-refractivity contribution >= 4 is 23.5 Å². The van der Waals surface area contributed by atoms with E-state index in [0.717, 1.165) is 11.1 Å². The predicted octanol–water partition coefficient (Wildman–Crippen LogP) is 4.77. The number of aliphatic hydroxyl groups excluding tert-OH is 1. The first-order valence-electron chi connectivity index (χ1n) is 10.3. The van der Waals surface area contributed by atoms with Crippen LogP contribution in [0.15, 0.2) is 102 Å². The molecular formula is C26H20N2O5. The Balaban J connectivity index is 1.79. The van der Waals surface area contributed by atoms with Crippen LogP contribution in [-0.2, 0) is 16.1 Å². The quantitative estimate of drug-likeness (QED) is 0.324. The summed E-state index contributed by atoms with van der Waals surface area (Å²) in [5.41, 5.74) is 1.26. The first kappa shape index (κ1) is 21.7. The molecule has 0 fully saturated rings. The lowest BCUT2D eigenvalue weighted by Crippen LogP contribution is -2.31.